The van der Waals surface area contributed by atoms with Gasteiger partial charge in [-0.05, 0) is 11.1 Å². The summed E-state index contributed by atoms with van der Waals surface area (Å²) < 4.78 is 4.43. The van der Waals surface area contributed by atoms with Crippen molar-refractivity contribution in [3.8, 4) is 0 Å². The van der Waals surface area contributed by atoms with Crippen molar-refractivity contribution < 1.29 is 24.3 Å². The molecule has 0 spiro atoms. The van der Waals surface area contributed by atoms with Crippen LogP contribution in [0.2, 0.25) is 0 Å². The third-order valence-electron chi connectivity index (χ3n) is 1.84. The third kappa shape index (κ3) is 6.33. The Morgan fingerprint density at radius 3 is 2.41 bits per heavy atom. The van der Waals surface area contributed by atoms with Gasteiger partial charge in [0.25, 0.3) is 6.79 Å². The second-order valence-corrected chi connectivity index (χ2v) is 3.65. The molecule has 0 saturated heterocycles. The molecule has 0 aromatic rings. The molecule has 0 bridgehead atoms. The van der Waals surface area contributed by atoms with Gasteiger partial charge in [-0.2, -0.15) is 0 Å². The van der Waals surface area contributed by atoms with E-state index in [2.05, 4.69) is 20.1 Å². The Balaban J connectivity index is 4.12. The van der Waals surface area contributed by atoms with Gasteiger partial charge in [0, 0.05) is 19.2 Å². The van der Waals surface area contributed by atoms with Gasteiger partial charge in [0.05, 0.1) is 0 Å². The van der Waals surface area contributed by atoms with Gasteiger partial charge in [-0.3, -0.25) is 9.80 Å². The smallest absolute Gasteiger partial charge is 0.328 e. The molecule has 0 aliphatic carbocycles. The summed E-state index contributed by atoms with van der Waals surface area (Å²) in [7, 11) is 1.47. The summed E-state index contributed by atoms with van der Waals surface area (Å²) >= 11 is 0. The highest BCUT2D eigenvalue weighted by atomic mass is 16.8. The normalized spacial score (nSPS) is 12.5. The molecule has 0 amide bonds. The van der Waals surface area contributed by atoms with Crippen LogP contribution in [0.5, 0.6) is 0 Å². The van der Waals surface area contributed by atoms with Crippen molar-refractivity contribution in [1.82, 2.24) is 5.01 Å². The maximum absolute atomic E-state index is 10.9. The summed E-state index contributed by atoms with van der Waals surface area (Å²) in [4.78, 5) is 25.8. The van der Waals surface area contributed by atoms with E-state index >= 15 is 0 Å². The molecule has 0 unspecified atom stereocenters. The summed E-state index contributed by atoms with van der Waals surface area (Å²) in [5, 5.41) is 16.9. The molecule has 0 heterocycles. The number of carbonyl (C=O) groups is 2. The highest BCUT2D eigenvalue weighted by molar-refractivity contribution is 5.73. The number of hydrogen-bond donors (Lipinski definition) is 1. The standard InChI is InChI=1S/C9H17N3O5/c1-6(2)8(9(14)15)12(4)10-11-17-5-16-7(3)13/h6,8H,5H2,1-4H3,(H,14,15)/t8-/m0/s1. The fraction of sp³-hybridized carbons (Fsp3) is 0.778. The minimum Gasteiger partial charge on any atom is -0.480 e. The third-order valence-corrected chi connectivity index (χ3v) is 1.84. The minimum absolute atomic E-state index is 0.134. The van der Waals surface area contributed by atoms with Gasteiger partial charge in [-0.1, -0.05) is 13.8 Å². The van der Waals surface area contributed by atoms with Crippen LogP contribution in [0.3, 0.4) is 0 Å². The second-order valence-electron chi connectivity index (χ2n) is 3.65. The van der Waals surface area contributed by atoms with Crippen LogP contribution in [0.15, 0.2) is 10.5 Å². The Morgan fingerprint density at radius 2 is 2.00 bits per heavy atom. The molecule has 0 aromatic heterocycles. The van der Waals surface area contributed by atoms with Crippen molar-refractivity contribution in [2.24, 2.45) is 16.4 Å². The molecule has 8 heteroatoms. The fourth-order valence-electron chi connectivity index (χ4n) is 1.15. The lowest BCUT2D eigenvalue weighted by Crippen LogP contribution is -2.39. The van der Waals surface area contributed by atoms with Gasteiger partial charge in [0.1, 0.15) is 6.04 Å². The van der Waals surface area contributed by atoms with E-state index in [9.17, 15) is 9.59 Å². The lowest BCUT2D eigenvalue weighted by atomic mass is 10.1. The zero-order valence-corrected chi connectivity index (χ0v) is 10.3. The Hall–Kier alpha value is -1.86. The van der Waals surface area contributed by atoms with Crippen LogP contribution < -0.4 is 0 Å². The quantitative estimate of drug-likeness (QED) is 0.235. The summed E-state index contributed by atoms with van der Waals surface area (Å²) in [6, 6.07) is -0.795. The molecule has 1 N–H and O–H groups in total. The zero-order chi connectivity index (χ0) is 13.4. The fourth-order valence-corrected chi connectivity index (χ4v) is 1.15. The van der Waals surface area contributed by atoms with Crippen molar-refractivity contribution >= 4 is 11.9 Å². The first-order valence-electron chi connectivity index (χ1n) is 4.98. The van der Waals surface area contributed by atoms with Crippen LogP contribution in [-0.4, -0.2) is 41.9 Å². The lowest BCUT2D eigenvalue weighted by Gasteiger charge is -2.22. The molecule has 0 saturated carbocycles. The van der Waals surface area contributed by atoms with Gasteiger partial charge in [0.15, 0.2) is 0 Å². The van der Waals surface area contributed by atoms with E-state index in [1.807, 2.05) is 0 Å². The van der Waals surface area contributed by atoms with Gasteiger partial charge >= 0.3 is 11.9 Å². The molecule has 98 valence electrons. The number of carboxylic acid groups (broad SMARTS) is 1. The summed E-state index contributed by atoms with van der Waals surface area (Å²) in [5.74, 6) is -1.63. The number of carboxylic acids is 1. The predicted octanol–water partition coefficient (Wildman–Crippen LogP) is 0.847. The molecular weight excluding hydrogens is 230 g/mol. The van der Waals surface area contributed by atoms with Crippen molar-refractivity contribution in [3.05, 3.63) is 0 Å². The Labute approximate surface area is 99.1 Å². The second kappa shape index (κ2) is 7.42. The van der Waals surface area contributed by atoms with E-state index in [4.69, 9.17) is 5.11 Å². The van der Waals surface area contributed by atoms with E-state index in [1.54, 1.807) is 13.8 Å². The van der Waals surface area contributed by atoms with Gasteiger partial charge < -0.3 is 14.7 Å². The van der Waals surface area contributed by atoms with Gasteiger partial charge in [0.2, 0.25) is 0 Å². The zero-order valence-electron chi connectivity index (χ0n) is 10.3. The summed E-state index contributed by atoms with van der Waals surface area (Å²) in [6.07, 6.45) is 0. The Morgan fingerprint density at radius 1 is 1.41 bits per heavy atom. The summed E-state index contributed by atoms with van der Waals surface area (Å²) in [5.41, 5.74) is 0. The topological polar surface area (TPSA) is 101 Å². The maximum atomic E-state index is 10.9. The molecule has 8 nitrogen and oxygen atoms in total. The molecule has 1 atom stereocenters. The highest BCUT2D eigenvalue weighted by Crippen LogP contribution is 2.09. The average molecular weight is 247 g/mol. The number of hydrogen-bond acceptors (Lipinski definition) is 6. The summed E-state index contributed by atoms with van der Waals surface area (Å²) in [6.45, 7) is 4.38. The molecule has 0 aromatic carbocycles. The average Bonchev–Trinajstić information content (AvgIpc) is 2.15. The number of carbonyl (C=O) groups excluding carboxylic acids is 1. The maximum Gasteiger partial charge on any atom is 0.328 e. The molecule has 0 radical (unpaired) electrons. The highest BCUT2D eigenvalue weighted by Gasteiger charge is 2.25. The van der Waals surface area contributed by atoms with Crippen molar-refractivity contribution in [3.63, 3.8) is 0 Å². The SMILES string of the molecule is CC(=O)OCON=NN(C)[C@H](C(=O)O)C(C)C. The van der Waals surface area contributed by atoms with E-state index in [1.165, 1.54) is 19.0 Å². The van der Waals surface area contributed by atoms with Gasteiger partial charge in [-0.25, -0.2) is 4.79 Å². The molecule has 17 heavy (non-hydrogen) atoms. The van der Waals surface area contributed by atoms with Crippen LogP contribution in [0.4, 0.5) is 0 Å². The molecular formula is C9H17N3O5. The van der Waals surface area contributed by atoms with E-state index in [-0.39, 0.29) is 12.7 Å². The number of ether oxygens (including phenoxy) is 1. The largest absolute Gasteiger partial charge is 0.480 e. The van der Waals surface area contributed by atoms with Crippen LogP contribution >= 0.6 is 0 Å². The Kier molecular flexibility index (Phi) is 6.61. The van der Waals surface area contributed by atoms with Crippen LogP contribution in [-0.2, 0) is 19.2 Å². The Bertz CT molecular complexity index is 292. The first kappa shape index (κ1) is 15.1. The van der Waals surface area contributed by atoms with Crippen LogP contribution in [0.1, 0.15) is 20.8 Å². The number of rotatable bonds is 7. The minimum atomic E-state index is -0.999. The van der Waals surface area contributed by atoms with Gasteiger partial charge in [-0.15, -0.1) is 0 Å². The number of nitrogens with zero attached hydrogens (tertiary/aromatic N) is 3. The lowest BCUT2D eigenvalue weighted by molar-refractivity contribution is -0.155. The van der Waals surface area contributed by atoms with Crippen molar-refractivity contribution in [1.29, 1.82) is 0 Å². The molecule has 0 rings (SSSR count). The van der Waals surface area contributed by atoms with Crippen molar-refractivity contribution in [2.75, 3.05) is 13.8 Å². The molecule has 0 aliphatic heterocycles. The van der Waals surface area contributed by atoms with Crippen LogP contribution in [0.25, 0.3) is 0 Å². The van der Waals surface area contributed by atoms with Crippen LogP contribution in [0, 0.1) is 5.92 Å². The monoisotopic (exact) mass is 247 g/mol. The van der Waals surface area contributed by atoms with E-state index < -0.39 is 18.0 Å². The first-order chi connectivity index (χ1) is 7.86. The van der Waals surface area contributed by atoms with E-state index in [0.29, 0.717) is 0 Å². The van der Waals surface area contributed by atoms with Crippen molar-refractivity contribution in [2.45, 2.75) is 26.8 Å². The predicted molar refractivity (Wildman–Crippen MR) is 56.6 cm³/mol. The molecule has 0 aliphatic rings. The first-order valence-corrected chi connectivity index (χ1v) is 4.98. The molecule has 0 fully saturated rings. The van der Waals surface area contributed by atoms with E-state index in [0.717, 1.165) is 0 Å². The number of likely N-dealkylation sites (N-methyl/N-ethyl adjacent to an activating group) is 1. The number of esters is 1. The number of aliphatic carboxylic acids is 1.